The zero-order chi connectivity index (χ0) is 25.6. The number of rotatable bonds is 13. The normalized spacial score (nSPS) is 13.2. The molecule has 188 valence electrons. The van der Waals surface area contributed by atoms with Crippen LogP contribution in [-0.4, -0.2) is 31.0 Å². The summed E-state index contributed by atoms with van der Waals surface area (Å²) in [6.45, 7) is 23.5. The number of hydrogen-bond donors (Lipinski definition) is 2. The van der Waals surface area contributed by atoms with E-state index in [1.807, 2.05) is 25.2 Å². The standard InChI is InChI=1S/C16H22O.C11H23N.C2H5NO/c1-5-7-8-16(6-2)17-12-15-10-13(3)9-14(4)11-15;1-6-7-10(4)12-11(5)8-9(2)3;3-1-2-4/h5-7,9-11,16H,2,8,12H2,1,3-4H3;6,9-12H,1,7-8H2,2-5H3;2H,1,3H2/b7-5-;;/t;10?,11-;/m.1./s1. The van der Waals surface area contributed by atoms with Gasteiger partial charge in [0.25, 0.3) is 0 Å². The average molecular weight is 459 g/mol. The van der Waals surface area contributed by atoms with E-state index in [0.717, 1.165) is 18.8 Å². The van der Waals surface area contributed by atoms with Crippen molar-refractivity contribution in [2.75, 3.05) is 6.54 Å². The van der Waals surface area contributed by atoms with Crippen molar-refractivity contribution in [2.45, 2.75) is 92.5 Å². The largest absolute Gasteiger partial charge is 0.369 e. The summed E-state index contributed by atoms with van der Waals surface area (Å²) in [6.07, 6.45) is 11.9. The van der Waals surface area contributed by atoms with Gasteiger partial charge in [-0.2, -0.15) is 0 Å². The van der Waals surface area contributed by atoms with Gasteiger partial charge < -0.3 is 20.6 Å². The number of nitrogens with one attached hydrogen (secondary N) is 1. The number of hydrogen-bond acceptors (Lipinski definition) is 4. The maximum atomic E-state index is 9.05. The smallest absolute Gasteiger partial charge is 0.133 e. The van der Waals surface area contributed by atoms with E-state index in [4.69, 9.17) is 9.53 Å². The Balaban J connectivity index is 0. The molecule has 0 aliphatic rings. The quantitative estimate of drug-likeness (QED) is 0.263. The second-order valence-electron chi connectivity index (χ2n) is 8.91. The van der Waals surface area contributed by atoms with Crippen molar-refractivity contribution >= 4 is 6.29 Å². The predicted molar refractivity (Wildman–Crippen MR) is 146 cm³/mol. The molecule has 0 aliphatic carbocycles. The molecule has 2 unspecified atom stereocenters. The van der Waals surface area contributed by atoms with Crippen LogP contribution >= 0.6 is 0 Å². The molecule has 1 aromatic rings. The van der Waals surface area contributed by atoms with Gasteiger partial charge in [-0.15, -0.1) is 13.2 Å². The molecule has 4 nitrogen and oxygen atoms in total. The van der Waals surface area contributed by atoms with E-state index in [1.165, 1.54) is 23.1 Å². The summed E-state index contributed by atoms with van der Waals surface area (Å²) in [7, 11) is 0. The Bertz CT molecular complexity index is 647. The molecule has 0 aliphatic heterocycles. The van der Waals surface area contributed by atoms with Crippen LogP contribution in [0.15, 0.2) is 55.7 Å². The molecule has 0 saturated carbocycles. The molecular formula is C29H50N2O2. The Hall–Kier alpha value is -2.01. The van der Waals surface area contributed by atoms with E-state index in [1.54, 1.807) is 0 Å². The first-order chi connectivity index (χ1) is 15.6. The second-order valence-corrected chi connectivity index (χ2v) is 8.91. The van der Waals surface area contributed by atoms with Crippen molar-refractivity contribution in [3.8, 4) is 0 Å². The van der Waals surface area contributed by atoms with Gasteiger partial charge in [-0.3, -0.25) is 0 Å². The Morgan fingerprint density at radius 2 is 1.61 bits per heavy atom. The first-order valence-corrected chi connectivity index (χ1v) is 12.1. The third kappa shape index (κ3) is 21.6. The number of benzene rings is 1. The summed E-state index contributed by atoms with van der Waals surface area (Å²) in [6, 6.07) is 7.70. The van der Waals surface area contributed by atoms with E-state index in [-0.39, 0.29) is 12.6 Å². The summed E-state index contributed by atoms with van der Waals surface area (Å²) in [5.41, 5.74) is 8.46. The third-order valence-corrected chi connectivity index (χ3v) is 4.62. The number of aryl methyl sites for hydroxylation is 2. The fourth-order valence-electron chi connectivity index (χ4n) is 3.44. The summed E-state index contributed by atoms with van der Waals surface area (Å²) in [5, 5.41) is 3.54. The van der Waals surface area contributed by atoms with Crippen LogP contribution in [0.25, 0.3) is 0 Å². The average Bonchev–Trinajstić information content (AvgIpc) is 2.73. The van der Waals surface area contributed by atoms with Crippen LogP contribution in [0.3, 0.4) is 0 Å². The lowest BCUT2D eigenvalue weighted by Crippen LogP contribution is -2.34. The van der Waals surface area contributed by atoms with Gasteiger partial charge in [0.2, 0.25) is 0 Å². The minimum absolute atomic E-state index is 0.104. The molecule has 1 rings (SSSR count). The van der Waals surface area contributed by atoms with Gasteiger partial charge in [0.05, 0.1) is 12.7 Å². The van der Waals surface area contributed by atoms with E-state index >= 15 is 0 Å². The van der Waals surface area contributed by atoms with Crippen LogP contribution in [0.1, 0.15) is 70.6 Å². The number of aldehydes is 1. The molecule has 0 spiro atoms. The maximum absolute atomic E-state index is 9.05. The van der Waals surface area contributed by atoms with Crippen LogP contribution in [0.2, 0.25) is 0 Å². The molecule has 1 aromatic carbocycles. The lowest BCUT2D eigenvalue weighted by atomic mass is 10.0. The Kier molecular flexibility index (Phi) is 21.9. The minimum Gasteiger partial charge on any atom is -0.369 e. The molecule has 3 N–H and O–H groups in total. The lowest BCUT2D eigenvalue weighted by Gasteiger charge is -2.20. The first kappa shape index (κ1) is 33.2. The molecule has 4 heteroatoms. The first-order valence-electron chi connectivity index (χ1n) is 12.1. The number of allylic oxidation sites excluding steroid dienone is 1. The van der Waals surface area contributed by atoms with E-state index in [0.29, 0.717) is 25.0 Å². The van der Waals surface area contributed by atoms with E-state index < -0.39 is 0 Å². The van der Waals surface area contributed by atoms with Crippen LogP contribution < -0.4 is 11.1 Å². The molecule has 0 amide bonds. The van der Waals surface area contributed by atoms with Crippen molar-refractivity contribution in [3.05, 3.63) is 72.4 Å². The zero-order valence-corrected chi connectivity index (χ0v) is 22.3. The molecule has 0 fully saturated rings. The van der Waals surface area contributed by atoms with Gasteiger partial charge in [0.15, 0.2) is 0 Å². The number of carbonyl (C=O) groups is 1. The molecule has 0 heterocycles. The van der Waals surface area contributed by atoms with Crippen LogP contribution in [-0.2, 0) is 16.1 Å². The van der Waals surface area contributed by atoms with Crippen LogP contribution in [0.4, 0.5) is 0 Å². The molecule has 33 heavy (non-hydrogen) atoms. The molecule has 3 atom stereocenters. The third-order valence-electron chi connectivity index (χ3n) is 4.62. The zero-order valence-electron chi connectivity index (χ0n) is 22.3. The van der Waals surface area contributed by atoms with Crippen LogP contribution in [0, 0.1) is 19.8 Å². The topological polar surface area (TPSA) is 64.3 Å². The Morgan fingerprint density at radius 1 is 1.03 bits per heavy atom. The van der Waals surface area contributed by atoms with Crippen molar-refractivity contribution in [2.24, 2.45) is 11.7 Å². The SMILES string of the molecule is C=CC(C/C=C\C)OCc1cc(C)cc(C)c1.C=CCC(C)N[C@H](C)CC(C)C.NCC=O. The monoisotopic (exact) mass is 458 g/mol. The highest BCUT2D eigenvalue weighted by Gasteiger charge is 2.07. The van der Waals surface area contributed by atoms with Crippen molar-refractivity contribution in [1.29, 1.82) is 0 Å². The summed E-state index contributed by atoms with van der Waals surface area (Å²) < 4.78 is 5.82. The van der Waals surface area contributed by atoms with Gasteiger partial charge in [0.1, 0.15) is 6.29 Å². The molecular weight excluding hydrogens is 408 g/mol. The number of ether oxygens (including phenoxy) is 1. The van der Waals surface area contributed by atoms with Gasteiger partial charge in [-0.25, -0.2) is 0 Å². The van der Waals surface area contributed by atoms with Crippen molar-refractivity contribution in [1.82, 2.24) is 5.32 Å². The Labute approximate surface area is 204 Å². The minimum atomic E-state index is 0.104. The van der Waals surface area contributed by atoms with Crippen molar-refractivity contribution in [3.63, 3.8) is 0 Å². The highest BCUT2D eigenvalue weighted by Crippen LogP contribution is 2.12. The maximum Gasteiger partial charge on any atom is 0.133 e. The lowest BCUT2D eigenvalue weighted by molar-refractivity contribution is -0.106. The highest BCUT2D eigenvalue weighted by atomic mass is 16.5. The van der Waals surface area contributed by atoms with Crippen molar-refractivity contribution < 1.29 is 9.53 Å². The highest BCUT2D eigenvalue weighted by molar-refractivity contribution is 5.51. The predicted octanol–water partition coefficient (Wildman–Crippen LogP) is 6.46. The second kappa shape index (κ2) is 21.8. The molecule has 0 bridgehead atoms. The summed E-state index contributed by atoms with van der Waals surface area (Å²) in [5.74, 6) is 0.781. The van der Waals surface area contributed by atoms with E-state index in [9.17, 15) is 0 Å². The van der Waals surface area contributed by atoms with E-state index in [2.05, 4.69) is 90.0 Å². The van der Waals surface area contributed by atoms with Gasteiger partial charge in [-0.1, -0.05) is 67.5 Å². The summed E-state index contributed by atoms with van der Waals surface area (Å²) in [4.78, 5) is 9.05. The van der Waals surface area contributed by atoms with Crippen LogP contribution in [0.5, 0.6) is 0 Å². The Morgan fingerprint density at radius 3 is 2.03 bits per heavy atom. The fraction of sp³-hybridized carbons (Fsp3) is 0.552. The summed E-state index contributed by atoms with van der Waals surface area (Å²) >= 11 is 0. The number of nitrogens with two attached hydrogens (primary N) is 1. The van der Waals surface area contributed by atoms with Gasteiger partial charge in [0, 0.05) is 18.6 Å². The molecule has 0 aromatic heterocycles. The van der Waals surface area contributed by atoms with Gasteiger partial charge >= 0.3 is 0 Å². The van der Waals surface area contributed by atoms with Gasteiger partial charge in [-0.05, 0) is 65.4 Å². The number of carbonyl (C=O) groups excluding carboxylic acids is 1. The molecule has 0 saturated heterocycles. The molecule has 0 radical (unpaired) electrons. The fourth-order valence-corrected chi connectivity index (χ4v) is 3.44.